The first kappa shape index (κ1) is 17.4. The van der Waals surface area contributed by atoms with Gasteiger partial charge >= 0.3 is 6.03 Å². The van der Waals surface area contributed by atoms with Crippen molar-refractivity contribution in [3.63, 3.8) is 0 Å². The first-order valence-corrected chi connectivity index (χ1v) is 8.63. The number of aromatic nitrogens is 1. The molecule has 0 aliphatic heterocycles. The molecule has 0 unspecified atom stereocenters. The summed E-state index contributed by atoms with van der Waals surface area (Å²) in [5.74, 6) is -0.543. The first-order chi connectivity index (χ1) is 13.6. The molecule has 0 aliphatic rings. The summed E-state index contributed by atoms with van der Waals surface area (Å²) in [4.78, 5) is 16.3. The zero-order valence-corrected chi connectivity index (χ0v) is 14.8. The molecule has 0 radical (unpaired) electrons. The highest BCUT2D eigenvalue weighted by molar-refractivity contribution is 6.00. The van der Waals surface area contributed by atoms with Gasteiger partial charge in [0.25, 0.3) is 0 Å². The third kappa shape index (κ3) is 3.57. The fraction of sp³-hybridized carbons (Fsp3) is 0. The van der Waals surface area contributed by atoms with Gasteiger partial charge in [0.2, 0.25) is 0 Å². The van der Waals surface area contributed by atoms with Crippen LogP contribution in [0.3, 0.4) is 0 Å². The number of urea groups is 1. The second kappa shape index (κ2) is 7.28. The molecule has 0 saturated carbocycles. The van der Waals surface area contributed by atoms with Crippen molar-refractivity contribution in [2.45, 2.75) is 0 Å². The maximum atomic E-state index is 12.1. The van der Waals surface area contributed by atoms with E-state index in [-0.39, 0.29) is 11.5 Å². The summed E-state index contributed by atoms with van der Waals surface area (Å²) < 4.78 is 0. The van der Waals surface area contributed by atoms with Gasteiger partial charge in [0, 0.05) is 35.2 Å². The van der Waals surface area contributed by atoms with E-state index in [1.54, 1.807) is 6.20 Å². The minimum Gasteiger partial charge on any atom is -0.504 e. The lowest BCUT2D eigenvalue weighted by molar-refractivity contribution is 0.262. The van der Waals surface area contributed by atoms with Gasteiger partial charge in [0.1, 0.15) is 0 Å². The van der Waals surface area contributed by atoms with Crippen LogP contribution in [0.15, 0.2) is 79.1 Å². The lowest BCUT2D eigenvalue weighted by Gasteiger charge is -2.10. The summed E-state index contributed by atoms with van der Waals surface area (Å²) in [6, 6.07) is 19.2. The predicted octanol–water partition coefficient (Wildman–Crippen LogP) is 4.96. The van der Waals surface area contributed by atoms with Crippen molar-refractivity contribution >= 4 is 28.2 Å². The van der Waals surface area contributed by atoms with Crippen LogP contribution in [0.2, 0.25) is 0 Å². The van der Waals surface area contributed by atoms with Gasteiger partial charge in [0.15, 0.2) is 11.5 Å². The van der Waals surface area contributed by atoms with E-state index >= 15 is 0 Å². The summed E-state index contributed by atoms with van der Waals surface area (Å²) in [6.07, 6.45) is 3.60. The number of hydrogen-bond donors (Lipinski definition) is 4. The van der Waals surface area contributed by atoms with Crippen molar-refractivity contribution in [2.24, 2.45) is 0 Å². The molecule has 6 nitrogen and oxygen atoms in total. The highest BCUT2D eigenvalue weighted by Crippen LogP contribution is 2.29. The van der Waals surface area contributed by atoms with Crippen LogP contribution in [0.5, 0.6) is 11.5 Å². The SMILES string of the molecule is O=C(Nc1ccc(-c2cccc3cnccc23)cc1)Nc1ccc(O)c(O)c1. The number of carbonyl (C=O) groups excluding carboxylic acids is 1. The third-order valence-electron chi connectivity index (χ3n) is 4.37. The quantitative estimate of drug-likeness (QED) is 0.302. The number of rotatable bonds is 3. The van der Waals surface area contributed by atoms with Gasteiger partial charge < -0.3 is 20.8 Å². The lowest BCUT2D eigenvalue weighted by Crippen LogP contribution is -2.19. The molecule has 0 spiro atoms. The minimum atomic E-state index is -0.450. The summed E-state index contributed by atoms with van der Waals surface area (Å²) in [7, 11) is 0. The van der Waals surface area contributed by atoms with Crippen molar-refractivity contribution in [3.8, 4) is 22.6 Å². The molecule has 0 atom stereocenters. The molecule has 2 amide bonds. The van der Waals surface area contributed by atoms with Gasteiger partial charge in [-0.2, -0.15) is 0 Å². The van der Waals surface area contributed by atoms with Crippen LogP contribution in [0.1, 0.15) is 0 Å². The Labute approximate surface area is 161 Å². The molecule has 0 fully saturated rings. The fourth-order valence-corrected chi connectivity index (χ4v) is 3.00. The van der Waals surface area contributed by atoms with Crippen molar-refractivity contribution in [1.29, 1.82) is 0 Å². The maximum Gasteiger partial charge on any atom is 0.323 e. The molecule has 4 rings (SSSR count). The summed E-state index contributed by atoms with van der Waals surface area (Å²) >= 11 is 0. The summed E-state index contributed by atoms with van der Waals surface area (Å²) in [5.41, 5.74) is 3.13. The van der Waals surface area contributed by atoms with Gasteiger partial charge in [0.05, 0.1) is 0 Å². The lowest BCUT2D eigenvalue weighted by atomic mass is 9.99. The van der Waals surface area contributed by atoms with Crippen molar-refractivity contribution in [1.82, 2.24) is 4.98 Å². The Balaban J connectivity index is 1.50. The number of carbonyl (C=O) groups is 1. The zero-order valence-electron chi connectivity index (χ0n) is 14.8. The Hall–Kier alpha value is -4.06. The van der Waals surface area contributed by atoms with Crippen LogP contribution < -0.4 is 10.6 Å². The van der Waals surface area contributed by atoms with Crippen LogP contribution in [-0.2, 0) is 0 Å². The Kier molecular flexibility index (Phi) is 4.51. The minimum absolute atomic E-state index is 0.245. The summed E-state index contributed by atoms with van der Waals surface area (Å²) in [6.45, 7) is 0. The number of amides is 2. The van der Waals surface area contributed by atoms with Crippen molar-refractivity contribution in [2.75, 3.05) is 10.6 Å². The smallest absolute Gasteiger partial charge is 0.323 e. The molecular weight excluding hydrogens is 354 g/mol. The van der Waals surface area contributed by atoms with Crippen LogP contribution in [0.4, 0.5) is 16.2 Å². The molecule has 1 aromatic heterocycles. The number of phenolic OH excluding ortho intramolecular Hbond substituents is 2. The molecule has 0 aliphatic carbocycles. The average molecular weight is 371 g/mol. The van der Waals surface area contributed by atoms with E-state index in [1.807, 2.05) is 48.7 Å². The Bertz CT molecular complexity index is 1150. The number of anilines is 2. The molecule has 3 aromatic carbocycles. The molecule has 4 N–H and O–H groups in total. The van der Waals surface area contributed by atoms with Crippen molar-refractivity contribution in [3.05, 3.63) is 79.1 Å². The normalized spacial score (nSPS) is 10.6. The zero-order chi connectivity index (χ0) is 19.5. The maximum absolute atomic E-state index is 12.1. The Morgan fingerprint density at radius 1 is 0.821 bits per heavy atom. The van der Waals surface area contributed by atoms with Crippen LogP contribution >= 0.6 is 0 Å². The number of nitrogens with zero attached hydrogens (tertiary/aromatic N) is 1. The van der Waals surface area contributed by atoms with Crippen LogP contribution in [-0.4, -0.2) is 21.2 Å². The summed E-state index contributed by atoms with van der Waals surface area (Å²) in [5, 5.41) is 26.3. The monoisotopic (exact) mass is 371 g/mol. The highest BCUT2D eigenvalue weighted by Gasteiger charge is 2.07. The van der Waals surface area contributed by atoms with E-state index in [2.05, 4.69) is 21.7 Å². The predicted molar refractivity (Wildman–Crippen MR) is 110 cm³/mol. The molecule has 0 saturated heterocycles. The number of fused-ring (bicyclic) bond motifs is 1. The Morgan fingerprint density at radius 2 is 1.57 bits per heavy atom. The van der Waals surface area contributed by atoms with E-state index < -0.39 is 6.03 Å². The van der Waals surface area contributed by atoms with Gasteiger partial charge in [-0.1, -0.05) is 30.3 Å². The first-order valence-electron chi connectivity index (χ1n) is 8.63. The number of hydrogen-bond acceptors (Lipinski definition) is 4. The largest absolute Gasteiger partial charge is 0.504 e. The number of benzene rings is 3. The fourth-order valence-electron chi connectivity index (χ4n) is 3.00. The van der Waals surface area contributed by atoms with E-state index in [0.717, 1.165) is 21.9 Å². The number of phenols is 2. The van der Waals surface area contributed by atoms with Gasteiger partial charge in [-0.3, -0.25) is 4.98 Å². The highest BCUT2D eigenvalue weighted by atomic mass is 16.3. The van der Waals surface area contributed by atoms with E-state index in [1.165, 1.54) is 18.2 Å². The third-order valence-corrected chi connectivity index (χ3v) is 4.37. The molecule has 28 heavy (non-hydrogen) atoms. The van der Waals surface area contributed by atoms with Gasteiger partial charge in [-0.05, 0) is 46.8 Å². The molecule has 6 heteroatoms. The van der Waals surface area contributed by atoms with Crippen LogP contribution in [0.25, 0.3) is 21.9 Å². The van der Waals surface area contributed by atoms with Gasteiger partial charge in [-0.15, -0.1) is 0 Å². The van der Waals surface area contributed by atoms with E-state index in [0.29, 0.717) is 11.4 Å². The number of aromatic hydroxyl groups is 2. The molecule has 0 bridgehead atoms. The molecule has 4 aromatic rings. The van der Waals surface area contributed by atoms with Gasteiger partial charge in [-0.25, -0.2) is 4.79 Å². The van der Waals surface area contributed by atoms with E-state index in [9.17, 15) is 15.0 Å². The Morgan fingerprint density at radius 3 is 2.36 bits per heavy atom. The number of nitrogens with one attached hydrogen (secondary N) is 2. The van der Waals surface area contributed by atoms with E-state index in [4.69, 9.17) is 0 Å². The van der Waals surface area contributed by atoms with Crippen LogP contribution in [0, 0.1) is 0 Å². The average Bonchev–Trinajstić information content (AvgIpc) is 2.71. The van der Waals surface area contributed by atoms with Crippen molar-refractivity contribution < 1.29 is 15.0 Å². The molecule has 138 valence electrons. The molecule has 1 heterocycles. The standard InChI is InChI=1S/C22H17N3O3/c26-20-9-8-17(12-21(20)27)25-22(28)24-16-6-4-14(5-7-16)18-3-1-2-15-13-23-11-10-19(15)18/h1-13,26-27H,(H2,24,25,28). The molecular formula is C22H17N3O3. The topological polar surface area (TPSA) is 94.5 Å². The second-order valence-corrected chi connectivity index (χ2v) is 6.26. The second-order valence-electron chi connectivity index (χ2n) is 6.26. The number of pyridine rings is 1.